The number of β-amino-alcohol motifs (C(OH)–C–C–N with tert-alkyl or cyclic N) is 1. The summed E-state index contributed by atoms with van der Waals surface area (Å²) < 4.78 is 39.6. The van der Waals surface area contributed by atoms with Crippen LogP contribution in [0.25, 0.3) is 5.65 Å². The zero-order chi connectivity index (χ0) is 17.5. The molecule has 2 unspecified atom stereocenters. The number of halogens is 3. The fraction of sp³-hybridized carbons (Fsp3) is 0.467. The summed E-state index contributed by atoms with van der Waals surface area (Å²) in [7, 11) is 0. The standard InChI is InChI=1S/C15H17F3N4O2/c1-9(14(24)4-5-19-8-14)20-13(23)10-3-2-6-22-7-11(15(16,17)18)21-12(10)22/h2-3,6-7,9,19,24H,4-5,8H2,1H3,(H,20,23). The Hall–Kier alpha value is -2.13. The Morgan fingerprint density at radius 3 is 2.92 bits per heavy atom. The third-order valence-electron chi connectivity index (χ3n) is 4.34. The lowest BCUT2D eigenvalue weighted by Gasteiger charge is -2.29. The molecule has 130 valence electrons. The Balaban J connectivity index is 1.88. The molecule has 0 aliphatic carbocycles. The highest BCUT2D eigenvalue weighted by atomic mass is 19.4. The number of hydrogen-bond acceptors (Lipinski definition) is 4. The molecule has 6 nitrogen and oxygen atoms in total. The van der Waals surface area contributed by atoms with Crippen molar-refractivity contribution in [1.29, 1.82) is 0 Å². The molecule has 0 spiro atoms. The number of amides is 1. The molecule has 3 heterocycles. The minimum absolute atomic E-state index is 0.0226. The van der Waals surface area contributed by atoms with E-state index >= 15 is 0 Å². The number of pyridine rings is 1. The number of nitrogens with one attached hydrogen (secondary N) is 2. The monoisotopic (exact) mass is 342 g/mol. The highest BCUT2D eigenvalue weighted by molar-refractivity contribution is 6.00. The van der Waals surface area contributed by atoms with Crippen LogP contribution in [-0.2, 0) is 6.18 Å². The van der Waals surface area contributed by atoms with E-state index in [-0.39, 0.29) is 11.2 Å². The van der Waals surface area contributed by atoms with Gasteiger partial charge in [0.05, 0.1) is 17.2 Å². The second-order valence-corrected chi connectivity index (χ2v) is 6.00. The van der Waals surface area contributed by atoms with Gasteiger partial charge < -0.3 is 20.1 Å². The molecule has 0 bridgehead atoms. The van der Waals surface area contributed by atoms with Gasteiger partial charge in [0.1, 0.15) is 5.65 Å². The van der Waals surface area contributed by atoms with Crippen LogP contribution in [0.2, 0.25) is 0 Å². The minimum Gasteiger partial charge on any atom is -0.386 e. The summed E-state index contributed by atoms with van der Waals surface area (Å²) in [5, 5.41) is 16.1. The maximum Gasteiger partial charge on any atom is 0.434 e. The summed E-state index contributed by atoms with van der Waals surface area (Å²) in [5.74, 6) is -0.576. The van der Waals surface area contributed by atoms with Gasteiger partial charge in [0.15, 0.2) is 5.69 Å². The molecule has 2 aromatic heterocycles. The van der Waals surface area contributed by atoms with Gasteiger partial charge in [0.2, 0.25) is 0 Å². The Morgan fingerprint density at radius 2 is 2.29 bits per heavy atom. The first-order valence-corrected chi connectivity index (χ1v) is 7.49. The molecule has 3 N–H and O–H groups in total. The lowest BCUT2D eigenvalue weighted by molar-refractivity contribution is -0.140. The van der Waals surface area contributed by atoms with Crippen molar-refractivity contribution in [3.63, 3.8) is 0 Å². The van der Waals surface area contributed by atoms with E-state index in [0.717, 1.165) is 10.6 Å². The summed E-state index contributed by atoms with van der Waals surface area (Å²) in [6, 6.07) is 2.32. The van der Waals surface area contributed by atoms with Crippen molar-refractivity contribution in [3.8, 4) is 0 Å². The molecular weight excluding hydrogens is 325 g/mol. The fourth-order valence-electron chi connectivity index (χ4n) is 2.80. The van der Waals surface area contributed by atoms with Gasteiger partial charge in [-0.3, -0.25) is 4.79 Å². The van der Waals surface area contributed by atoms with Crippen LogP contribution >= 0.6 is 0 Å². The Bertz CT molecular complexity index is 766. The molecule has 0 radical (unpaired) electrons. The Morgan fingerprint density at radius 1 is 1.54 bits per heavy atom. The molecule has 0 aromatic carbocycles. The van der Waals surface area contributed by atoms with Gasteiger partial charge in [-0.1, -0.05) is 0 Å². The van der Waals surface area contributed by atoms with Crippen LogP contribution in [0, 0.1) is 0 Å². The van der Waals surface area contributed by atoms with E-state index in [1.54, 1.807) is 6.92 Å². The summed E-state index contributed by atoms with van der Waals surface area (Å²) in [5.41, 5.74) is -2.19. The molecule has 9 heteroatoms. The largest absolute Gasteiger partial charge is 0.434 e. The second-order valence-electron chi connectivity index (χ2n) is 6.00. The van der Waals surface area contributed by atoms with Gasteiger partial charge in [0, 0.05) is 18.9 Å². The average Bonchev–Trinajstić information content (AvgIpc) is 3.13. The van der Waals surface area contributed by atoms with Crippen molar-refractivity contribution in [2.24, 2.45) is 0 Å². The van der Waals surface area contributed by atoms with Crippen molar-refractivity contribution in [3.05, 3.63) is 35.8 Å². The van der Waals surface area contributed by atoms with Crippen molar-refractivity contribution in [2.45, 2.75) is 31.2 Å². The van der Waals surface area contributed by atoms with E-state index in [0.29, 0.717) is 19.5 Å². The van der Waals surface area contributed by atoms with Crippen LogP contribution in [0.3, 0.4) is 0 Å². The number of alkyl halides is 3. The van der Waals surface area contributed by atoms with Gasteiger partial charge in [-0.2, -0.15) is 13.2 Å². The first-order valence-electron chi connectivity index (χ1n) is 7.49. The number of carbonyl (C=O) groups is 1. The molecule has 2 atom stereocenters. The van der Waals surface area contributed by atoms with E-state index in [2.05, 4.69) is 15.6 Å². The fourth-order valence-corrected chi connectivity index (χ4v) is 2.80. The number of aliphatic hydroxyl groups is 1. The number of hydrogen-bond donors (Lipinski definition) is 3. The zero-order valence-electron chi connectivity index (χ0n) is 12.9. The lowest BCUT2D eigenvalue weighted by atomic mass is 9.94. The van der Waals surface area contributed by atoms with Crippen molar-refractivity contribution >= 4 is 11.6 Å². The summed E-state index contributed by atoms with van der Waals surface area (Å²) in [4.78, 5) is 16.0. The Labute approximate surface area is 135 Å². The third-order valence-corrected chi connectivity index (χ3v) is 4.34. The lowest BCUT2D eigenvalue weighted by Crippen LogP contribution is -2.52. The molecule has 1 saturated heterocycles. The van der Waals surface area contributed by atoms with Crippen LogP contribution in [0.15, 0.2) is 24.5 Å². The molecule has 24 heavy (non-hydrogen) atoms. The van der Waals surface area contributed by atoms with Gasteiger partial charge in [-0.05, 0) is 32.0 Å². The van der Waals surface area contributed by atoms with E-state index in [1.165, 1.54) is 18.3 Å². The zero-order valence-corrected chi connectivity index (χ0v) is 12.9. The van der Waals surface area contributed by atoms with E-state index < -0.39 is 29.4 Å². The highest BCUT2D eigenvalue weighted by Gasteiger charge is 2.38. The van der Waals surface area contributed by atoms with Crippen LogP contribution in [0.4, 0.5) is 13.2 Å². The first kappa shape index (κ1) is 16.7. The van der Waals surface area contributed by atoms with Crippen molar-refractivity contribution < 1.29 is 23.1 Å². The maximum absolute atomic E-state index is 12.8. The van der Waals surface area contributed by atoms with Gasteiger partial charge in [-0.25, -0.2) is 4.98 Å². The molecule has 2 aromatic rings. The molecule has 1 amide bonds. The van der Waals surface area contributed by atoms with Crippen LogP contribution in [-0.4, -0.2) is 45.1 Å². The summed E-state index contributed by atoms with van der Waals surface area (Å²) >= 11 is 0. The van der Waals surface area contributed by atoms with Gasteiger partial charge in [0.25, 0.3) is 5.91 Å². The topological polar surface area (TPSA) is 78.7 Å². The number of nitrogens with zero attached hydrogens (tertiary/aromatic N) is 2. The van der Waals surface area contributed by atoms with Crippen molar-refractivity contribution in [2.75, 3.05) is 13.1 Å². The first-order chi connectivity index (χ1) is 11.2. The number of fused-ring (bicyclic) bond motifs is 1. The third kappa shape index (κ3) is 2.96. The quantitative estimate of drug-likeness (QED) is 0.783. The molecule has 0 saturated carbocycles. The van der Waals surface area contributed by atoms with Crippen LogP contribution in [0.5, 0.6) is 0 Å². The van der Waals surface area contributed by atoms with Crippen LogP contribution < -0.4 is 10.6 Å². The van der Waals surface area contributed by atoms with Gasteiger partial charge in [-0.15, -0.1) is 0 Å². The molecule has 1 fully saturated rings. The summed E-state index contributed by atoms with van der Waals surface area (Å²) in [6.07, 6.45) is -1.87. The van der Waals surface area contributed by atoms with E-state index in [1.807, 2.05) is 0 Å². The molecular formula is C15H17F3N4O2. The Kier molecular flexibility index (Phi) is 4.00. The summed E-state index contributed by atoms with van der Waals surface area (Å²) in [6.45, 7) is 2.65. The number of imidazole rings is 1. The minimum atomic E-state index is -4.59. The predicted octanol–water partition coefficient (Wildman–Crippen LogP) is 1.20. The average molecular weight is 342 g/mol. The number of rotatable bonds is 3. The normalized spacial score (nSPS) is 22.7. The smallest absolute Gasteiger partial charge is 0.386 e. The highest BCUT2D eigenvalue weighted by Crippen LogP contribution is 2.29. The molecule has 1 aliphatic rings. The number of carbonyl (C=O) groups excluding carboxylic acids is 1. The van der Waals surface area contributed by atoms with Crippen LogP contribution in [0.1, 0.15) is 29.4 Å². The molecule has 1 aliphatic heterocycles. The van der Waals surface area contributed by atoms with E-state index in [4.69, 9.17) is 0 Å². The SMILES string of the molecule is CC(NC(=O)c1cccn2cc(C(F)(F)F)nc12)C1(O)CCNC1. The number of aromatic nitrogens is 2. The van der Waals surface area contributed by atoms with Crippen molar-refractivity contribution in [1.82, 2.24) is 20.0 Å². The van der Waals surface area contributed by atoms with Gasteiger partial charge >= 0.3 is 6.18 Å². The maximum atomic E-state index is 12.8. The molecule has 3 rings (SSSR count). The predicted molar refractivity (Wildman–Crippen MR) is 79.6 cm³/mol. The van der Waals surface area contributed by atoms with E-state index in [9.17, 15) is 23.1 Å². The second kappa shape index (κ2) is 5.75.